The first-order valence-corrected chi connectivity index (χ1v) is 8.18. The number of rotatable bonds is 4. The first-order chi connectivity index (χ1) is 10.2. The van der Waals surface area contributed by atoms with Crippen molar-refractivity contribution >= 4 is 11.8 Å². The summed E-state index contributed by atoms with van der Waals surface area (Å²) in [7, 11) is 0. The number of hydrogen-bond acceptors (Lipinski definition) is 3. The Kier molecular flexibility index (Phi) is 4.39. The molecular weight excluding hydrogens is 287 g/mol. The molecule has 1 aromatic heterocycles. The monoisotopic (exact) mass is 304 g/mol. The summed E-state index contributed by atoms with van der Waals surface area (Å²) < 4.78 is 13.6. The Balaban J connectivity index is 1.76. The largest absolute Gasteiger partial charge is 0.310 e. The van der Waals surface area contributed by atoms with Gasteiger partial charge in [-0.05, 0) is 25.0 Å². The van der Waals surface area contributed by atoms with Crippen LogP contribution in [0.2, 0.25) is 0 Å². The molecular formula is C16H17FN2OS. The second kappa shape index (κ2) is 6.43. The van der Waals surface area contributed by atoms with Crippen LogP contribution < -0.4 is 5.56 Å². The van der Waals surface area contributed by atoms with Gasteiger partial charge in [-0.2, -0.15) is 0 Å². The van der Waals surface area contributed by atoms with E-state index in [-0.39, 0.29) is 11.4 Å². The maximum Gasteiger partial charge on any atom is 0.251 e. The van der Waals surface area contributed by atoms with Crippen LogP contribution in [0.15, 0.2) is 40.0 Å². The molecule has 1 aliphatic rings. The van der Waals surface area contributed by atoms with E-state index in [0.717, 1.165) is 18.5 Å². The van der Waals surface area contributed by atoms with Crippen LogP contribution >= 0.6 is 11.8 Å². The molecule has 1 fully saturated rings. The molecule has 0 radical (unpaired) electrons. The van der Waals surface area contributed by atoms with Crippen LogP contribution in [0.25, 0.3) is 0 Å². The van der Waals surface area contributed by atoms with Crippen LogP contribution in [0.3, 0.4) is 0 Å². The second-order valence-electron chi connectivity index (χ2n) is 5.32. The lowest BCUT2D eigenvalue weighted by Gasteiger charge is -2.09. The number of benzene rings is 1. The Morgan fingerprint density at radius 2 is 2.05 bits per heavy atom. The molecule has 0 aliphatic heterocycles. The maximum absolute atomic E-state index is 13.6. The third kappa shape index (κ3) is 3.53. The molecule has 0 spiro atoms. The fourth-order valence-electron chi connectivity index (χ4n) is 2.74. The van der Waals surface area contributed by atoms with Crippen LogP contribution in [-0.2, 0) is 5.75 Å². The standard InChI is InChI=1S/C16H17FN2OS/c17-12-7-3-4-8-14(12)21-10-15-18-13(9-16(20)19-15)11-5-1-2-6-11/h3-4,7-9,11H,1-2,5-6,10H2,(H,18,19,20). The van der Waals surface area contributed by atoms with Crippen LogP contribution in [0.5, 0.6) is 0 Å². The van der Waals surface area contributed by atoms with Crippen LogP contribution in [0.4, 0.5) is 4.39 Å². The van der Waals surface area contributed by atoms with Gasteiger partial charge < -0.3 is 4.98 Å². The number of aromatic nitrogens is 2. The zero-order valence-corrected chi connectivity index (χ0v) is 12.5. The van der Waals surface area contributed by atoms with Gasteiger partial charge in [0.2, 0.25) is 0 Å². The molecule has 1 saturated carbocycles. The van der Waals surface area contributed by atoms with Gasteiger partial charge in [-0.3, -0.25) is 4.79 Å². The van der Waals surface area contributed by atoms with Gasteiger partial charge in [-0.25, -0.2) is 9.37 Å². The topological polar surface area (TPSA) is 45.8 Å². The van der Waals surface area contributed by atoms with E-state index in [0.29, 0.717) is 22.4 Å². The number of halogens is 1. The van der Waals surface area contributed by atoms with Crippen molar-refractivity contribution in [1.82, 2.24) is 9.97 Å². The molecule has 21 heavy (non-hydrogen) atoms. The van der Waals surface area contributed by atoms with Gasteiger partial charge in [0, 0.05) is 16.9 Å². The summed E-state index contributed by atoms with van der Waals surface area (Å²) in [5.74, 6) is 1.26. The summed E-state index contributed by atoms with van der Waals surface area (Å²) in [5.41, 5.74) is 0.774. The Morgan fingerprint density at radius 3 is 2.81 bits per heavy atom. The summed E-state index contributed by atoms with van der Waals surface area (Å²) in [5, 5.41) is 0. The quantitative estimate of drug-likeness (QED) is 0.872. The highest BCUT2D eigenvalue weighted by atomic mass is 32.2. The average molecular weight is 304 g/mol. The van der Waals surface area contributed by atoms with E-state index in [1.807, 2.05) is 0 Å². The Morgan fingerprint density at radius 1 is 1.29 bits per heavy atom. The second-order valence-corrected chi connectivity index (χ2v) is 6.33. The highest BCUT2D eigenvalue weighted by Gasteiger charge is 2.19. The van der Waals surface area contributed by atoms with E-state index >= 15 is 0 Å². The third-order valence-electron chi connectivity index (χ3n) is 3.79. The van der Waals surface area contributed by atoms with E-state index in [1.165, 1.54) is 30.7 Å². The lowest BCUT2D eigenvalue weighted by molar-refractivity contribution is 0.602. The molecule has 1 aliphatic carbocycles. The molecule has 5 heteroatoms. The minimum Gasteiger partial charge on any atom is -0.310 e. The van der Waals surface area contributed by atoms with Crippen LogP contribution in [0.1, 0.15) is 43.1 Å². The van der Waals surface area contributed by atoms with Crippen molar-refractivity contribution in [3.05, 3.63) is 58.0 Å². The Labute approximate surface area is 127 Å². The van der Waals surface area contributed by atoms with Gasteiger partial charge in [0.15, 0.2) is 0 Å². The lowest BCUT2D eigenvalue weighted by Crippen LogP contribution is -2.13. The van der Waals surface area contributed by atoms with E-state index in [2.05, 4.69) is 9.97 Å². The van der Waals surface area contributed by atoms with Crippen molar-refractivity contribution in [2.75, 3.05) is 0 Å². The number of hydrogen-bond donors (Lipinski definition) is 1. The predicted octanol–water partition coefficient (Wildman–Crippen LogP) is 3.86. The van der Waals surface area contributed by atoms with Crippen molar-refractivity contribution in [3.8, 4) is 0 Å². The van der Waals surface area contributed by atoms with E-state index in [9.17, 15) is 9.18 Å². The van der Waals surface area contributed by atoms with Crippen molar-refractivity contribution in [1.29, 1.82) is 0 Å². The van der Waals surface area contributed by atoms with Gasteiger partial charge >= 0.3 is 0 Å². The number of aromatic amines is 1. The van der Waals surface area contributed by atoms with E-state index in [1.54, 1.807) is 24.3 Å². The molecule has 0 unspecified atom stereocenters. The first kappa shape index (κ1) is 14.3. The molecule has 1 heterocycles. The fourth-order valence-corrected chi connectivity index (χ4v) is 3.55. The van der Waals surface area contributed by atoms with Crippen molar-refractivity contribution < 1.29 is 4.39 Å². The molecule has 110 valence electrons. The molecule has 0 atom stereocenters. The van der Waals surface area contributed by atoms with Gasteiger partial charge in [0.25, 0.3) is 5.56 Å². The minimum atomic E-state index is -0.239. The molecule has 3 rings (SSSR count). The number of H-pyrrole nitrogens is 1. The normalized spacial score (nSPS) is 15.5. The van der Waals surface area contributed by atoms with Crippen molar-refractivity contribution in [3.63, 3.8) is 0 Å². The third-order valence-corrected chi connectivity index (χ3v) is 4.84. The summed E-state index contributed by atoms with van der Waals surface area (Å²) in [6, 6.07) is 8.25. The molecule has 0 saturated heterocycles. The highest BCUT2D eigenvalue weighted by molar-refractivity contribution is 7.98. The van der Waals surface area contributed by atoms with Gasteiger partial charge in [0.05, 0.1) is 11.4 Å². The molecule has 1 N–H and O–H groups in total. The zero-order chi connectivity index (χ0) is 14.7. The number of thioether (sulfide) groups is 1. The van der Waals surface area contributed by atoms with Gasteiger partial charge in [-0.15, -0.1) is 11.8 Å². The smallest absolute Gasteiger partial charge is 0.251 e. The SMILES string of the molecule is O=c1cc(C2CCCC2)nc(CSc2ccccc2F)[nH]1. The van der Waals surface area contributed by atoms with Crippen LogP contribution in [0, 0.1) is 5.82 Å². The summed E-state index contributed by atoms with van der Waals surface area (Å²) in [6.45, 7) is 0. The molecule has 2 aromatic rings. The fraction of sp³-hybridized carbons (Fsp3) is 0.375. The summed E-state index contributed by atoms with van der Waals surface area (Å²) in [4.78, 5) is 19.7. The maximum atomic E-state index is 13.6. The molecule has 3 nitrogen and oxygen atoms in total. The van der Waals surface area contributed by atoms with E-state index in [4.69, 9.17) is 0 Å². The number of nitrogens with one attached hydrogen (secondary N) is 1. The molecule has 0 amide bonds. The van der Waals surface area contributed by atoms with Crippen LogP contribution in [-0.4, -0.2) is 9.97 Å². The van der Waals surface area contributed by atoms with Gasteiger partial charge in [0.1, 0.15) is 11.6 Å². The summed E-state index contributed by atoms with van der Waals surface area (Å²) in [6.07, 6.45) is 4.63. The van der Waals surface area contributed by atoms with Crippen molar-refractivity contribution in [2.24, 2.45) is 0 Å². The lowest BCUT2D eigenvalue weighted by atomic mass is 10.0. The summed E-state index contributed by atoms with van der Waals surface area (Å²) >= 11 is 1.35. The number of nitrogens with zero attached hydrogens (tertiary/aromatic N) is 1. The molecule has 1 aromatic carbocycles. The Hall–Kier alpha value is -1.62. The van der Waals surface area contributed by atoms with Gasteiger partial charge in [-0.1, -0.05) is 25.0 Å². The van der Waals surface area contributed by atoms with Crippen molar-refractivity contribution in [2.45, 2.75) is 42.2 Å². The minimum absolute atomic E-state index is 0.115. The zero-order valence-electron chi connectivity index (χ0n) is 11.6. The Bertz CT molecular complexity index is 680. The molecule has 0 bridgehead atoms. The highest BCUT2D eigenvalue weighted by Crippen LogP contribution is 2.32. The first-order valence-electron chi connectivity index (χ1n) is 7.20. The van der Waals surface area contributed by atoms with E-state index < -0.39 is 0 Å². The average Bonchev–Trinajstić information content (AvgIpc) is 3.00. The predicted molar refractivity (Wildman–Crippen MR) is 82.0 cm³/mol.